The maximum Gasteiger partial charge on any atom is 0.228 e. The second-order valence-electron chi connectivity index (χ2n) is 4.82. The number of hydrogen-bond acceptors (Lipinski definition) is 7. The van der Waals surface area contributed by atoms with Crippen molar-refractivity contribution in [3.8, 4) is 0 Å². The highest BCUT2D eigenvalue weighted by atomic mass is 16.5. The van der Waals surface area contributed by atoms with Gasteiger partial charge in [0.25, 0.3) is 0 Å². The van der Waals surface area contributed by atoms with Crippen LogP contribution in [-0.4, -0.2) is 33.7 Å². The van der Waals surface area contributed by atoms with E-state index in [9.17, 15) is 0 Å². The molecule has 2 aromatic rings. The molecule has 7 heteroatoms. The van der Waals surface area contributed by atoms with E-state index in [1.807, 2.05) is 14.0 Å². The Balaban J connectivity index is 2.11. The first kappa shape index (κ1) is 14.2. The van der Waals surface area contributed by atoms with Gasteiger partial charge in [0.15, 0.2) is 6.33 Å². The lowest BCUT2D eigenvalue weighted by atomic mass is 10.2. The fourth-order valence-corrected chi connectivity index (χ4v) is 1.80. The molecule has 0 fully saturated rings. The molecule has 0 spiro atoms. The Morgan fingerprint density at radius 1 is 1.25 bits per heavy atom. The minimum atomic E-state index is 0.277. The molecule has 0 aliphatic carbocycles. The summed E-state index contributed by atoms with van der Waals surface area (Å²) in [5, 5.41) is 9.99. The van der Waals surface area contributed by atoms with E-state index in [-0.39, 0.29) is 5.92 Å². The maximum absolute atomic E-state index is 4.96. The van der Waals surface area contributed by atoms with Crippen LogP contribution in [0.15, 0.2) is 10.9 Å². The smallest absolute Gasteiger partial charge is 0.228 e. The summed E-state index contributed by atoms with van der Waals surface area (Å²) in [5.41, 5.74) is 1.00. The highest BCUT2D eigenvalue weighted by Gasteiger charge is 2.12. The Morgan fingerprint density at radius 2 is 2.00 bits per heavy atom. The average Bonchev–Trinajstić information content (AvgIpc) is 2.93. The molecular weight excluding hydrogens is 256 g/mol. The number of anilines is 2. The van der Waals surface area contributed by atoms with Crippen LogP contribution in [0.5, 0.6) is 0 Å². The minimum Gasteiger partial charge on any atom is -0.373 e. The maximum atomic E-state index is 4.96. The van der Waals surface area contributed by atoms with Crippen LogP contribution >= 0.6 is 0 Å². The second-order valence-corrected chi connectivity index (χ2v) is 4.82. The molecular formula is C13H20N6O. The van der Waals surface area contributed by atoms with Crippen molar-refractivity contribution in [3.05, 3.63) is 23.6 Å². The predicted molar refractivity (Wildman–Crippen MR) is 76.9 cm³/mol. The van der Waals surface area contributed by atoms with Gasteiger partial charge in [-0.05, 0) is 6.92 Å². The zero-order chi connectivity index (χ0) is 14.5. The van der Waals surface area contributed by atoms with Crippen molar-refractivity contribution < 1.29 is 4.52 Å². The molecule has 0 bridgehead atoms. The summed E-state index contributed by atoms with van der Waals surface area (Å²) in [4.78, 5) is 13.1. The summed E-state index contributed by atoms with van der Waals surface area (Å²) in [5.74, 6) is 3.40. The molecule has 0 atom stereocenters. The summed E-state index contributed by atoms with van der Waals surface area (Å²) < 4.78 is 4.96. The molecule has 0 amide bonds. The Labute approximate surface area is 118 Å². The van der Waals surface area contributed by atoms with Gasteiger partial charge >= 0.3 is 0 Å². The predicted octanol–water partition coefficient (Wildman–Crippen LogP) is 1.99. The topological polar surface area (TPSA) is 88.8 Å². The first-order chi connectivity index (χ1) is 9.61. The quantitative estimate of drug-likeness (QED) is 0.834. The molecule has 2 aromatic heterocycles. The summed E-state index contributed by atoms with van der Waals surface area (Å²) in [6, 6.07) is 0. The monoisotopic (exact) mass is 276 g/mol. The molecule has 2 heterocycles. The normalized spacial score (nSPS) is 10.8. The van der Waals surface area contributed by atoms with E-state index >= 15 is 0 Å². The van der Waals surface area contributed by atoms with Gasteiger partial charge in [-0.3, -0.25) is 0 Å². The van der Waals surface area contributed by atoms with Crippen LogP contribution in [0, 0.1) is 6.92 Å². The highest BCUT2D eigenvalue weighted by molar-refractivity contribution is 5.57. The van der Waals surface area contributed by atoms with Gasteiger partial charge in [-0.1, -0.05) is 19.0 Å². The SMILES string of the molecule is CNc1nc(C(C)C)nc(NCCc2ncno2)c1C. The van der Waals surface area contributed by atoms with Gasteiger partial charge in [0.1, 0.15) is 17.5 Å². The number of nitrogens with zero attached hydrogens (tertiary/aromatic N) is 4. The highest BCUT2D eigenvalue weighted by Crippen LogP contribution is 2.22. The van der Waals surface area contributed by atoms with Crippen LogP contribution in [0.4, 0.5) is 11.6 Å². The van der Waals surface area contributed by atoms with Crippen molar-refractivity contribution in [1.29, 1.82) is 0 Å². The second kappa shape index (κ2) is 6.31. The van der Waals surface area contributed by atoms with Crippen molar-refractivity contribution in [3.63, 3.8) is 0 Å². The zero-order valence-corrected chi connectivity index (χ0v) is 12.3. The van der Waals surface area contributed by atoms with Gasteiger partial charge in [0.05, 0.1) is 0 Å². The van der Waals surface area contributed by atoms with Crippen molar-refractivity contribution >= 4 is 11.6 Å². The molecule has 2 N–H and O–H groups in total. The molecule has 0 aliphatic rings. The third-order valence-corrected chi connectivity index (χ3v) is 2.95. The van der Waals surface area contributed by atoms with Crippen LogP contribution in [0.2, 0.25) is 0 Å². The molecule has 0 aromatic carbocycles. The lowest BCUT2D eigenvalue weighted by Crippen LogP contribution is -2.12. The van der Waals surface area contributed by atoms with Crippen molar-refractivity contribution in [1.82, 2.24) is 20.1 Å². The van der Waals surface area contributed by atoms with Crippen LogP contribution in [-0.2, 0) is 6.42 Å². The molecule has 0 aliphatic heterocycles. The van der Waals surface area contributed by atoms with Crippen LogP contribution in [0.1, 0.15) is 37.0 Å². The molecule has 108 valence electrons. The molecule has 0 unspecified atom stereocenters. The van der Waals surface area contributed by atoms with E-state index in [2.05, 4.69) is 44.6 Å². The lowest BCUT2D eigenvalue weighted by molar-refractivity contribution is 0.379. The molecule has 7 nitrogen and oxygen atoms in total. The Hall–Kier alpha value is -2.18. The van der Waals surface area contributed by atoms with E-state index in [0.717, 1.165) is 23.0 Å². The van der Waals surface area contributed by atoms with Crippen molar-refractivity contribution in [2.24, 2.45) is 0 Å². The van der Waals surface area contributed by atoms with Gasteiger partial charge in [0.2, 0.25) is 5.89 Å². The molecule has 0 radical (unpaired) electrons. The molecule has 0 saturated carbocycles. The fourth-order valence-electron chi connectivity index (χ4n) is 1.80. The first-order valence-corrected chi connectivity index (χ1v) is 6.67. The Bertz CT molecular complexity index is 552. The van der Waals surface area contributed by atoms with Crippen molar-refractivity contribution in [2.75, 3.05) is 24.2 Å². The van der Waals surface area contributed by atoms with Gasteiger partial charge in [-0.15, -0.1) is 0 Å². The molecule has 0 saturated heterocycles. The zero-order valence-electron chi connectivity index (χ0n) is 12.3. The van der Waals surface area contributed by atoms with Gasteiger partial charge in [-0.25, -0.2) is 9.97 Å². The minimum absolute atomic E-state index is 0.277. The van der Waals surface area contributed by atoms with E-state index < -0.39 is 0 Å². The Morgan fingerprint density at radius 3 is 2.60 bits per heavy atom. The number of aromatic nitrogens is 4. The first-order valence-electron chi connectivity index (χ1n) is 6.67. The number of rotatable bonds is 6. The van der Waals surface area contributed by atoms with Crippen LogP contribution < -0.4 is 10.6 Å². The molecule has 20 heavy (non-hydrogen) atoms. The van der Waals surface area contributed by atoms with E-state index in [1.54, 1.807) is 0 Å². The van der Waals surface area contributed by atoms with Crippen molar-refractivity contribution in [2.45, 2.75) is 33.1 Å². The molecule has 2 rings (SSSR count). The van der Waals surface area contributed by atoms with Gasteiger partial charge in [-0.2, -0.15) is 4.98 Å². The van der Waals surface area contributed by atoms with Crippen LogP contribution in [0.25, 0.3) is 0 Å². The summed E-state index contributed by atoms with van der Waals surface area (Å²) in [6.07, 6.45) is 2.07. The number of hydrogen-bond donors (Lipinski definition) is 2. The standard InChI is InChI=1S/C13H20N6O/c1-8(2)11-18-12(14-4)9(3)13(19-11)15-6-5-10-16-7-17-20-10/h7-8H,5-6H2,1-4H3,(H2,14,15,18,19). The average molecular weight is 276 g/mol. The fraction of sp³-hybridized carbons (Fsp3) is 0.538. The van der Waals surface area contributed by atoms with Crippen LogP contribution in [0.3, 0.4) is 0 Å². The summed E-state index contributed by atoms with van der Waals surface area (Å²) in [7, 11) is 1.86. The van der Waals surface area contributed by atoms with E-state index in [1.165, 1.54) is 6.33 Å². The Kier molecular flexibility index (Phi) is 4.49. The third kappa shape index (κ3) is 3.23. The van der Waals surface area contributed by atoms with E-state index in [0.29, 0.717) is 18.9 Å². The third-order valence-electron chi connectivity index (χ3n) is 2.95. The lowest BCUT2D eigenvalue weighted by Gasteiger charge is -2.14. The summed E-state index contributed by atoms with van der Waals surface area (Å²) in [6.45, 7) is 6.82. The van der Waals surface area contributed by atoms with E-state index in [4.69, 9.17) is 4.52 Å². The van der Waals surface area contributed by atoms with Gasteiger partial charge in [0, 0.05) is 31.5 Å². The number of nitrogens with one attached hydrogen (secondary N) is 2. The largest absolute Gasteiger partial charge is 0.373 e. The summed E-state index contributed by atoms with van der Waals surface area (Å²) >= 11 is 0. The van der Waals surface area contributed by atoms with Gasteiger partial charge < -0.3 is 15.2 Å².